The lowest BCUT2D eigenvalue weighted by Crippen LogP contribution is -2.47. The van der Waals surface area contributed by atoms with Crippen molar-refractivity contribution >= 4 is 16.9 Å². The first-order chi connectivity index (χ1) is 12.7. The summed E-state index contributed by atoms with van der Waals surface area (Å²) in [5.41, 5.74) is 3.29. The summed E-state index contributed by atoms with van der Waals surface area (Å²) in [6, 6.07) is 12.5. The van der Waals surface area contributed by atoms with Crippen molar-refractivity contribution in [1.82, 2.24) is 15.0 Å². The summed E-state index contributed by atoms with van der Waals surface area (Å²) in [4.78, 5) is 15.9. The van der Waals surface area contributed by atoms with Crippen LogP contribution in [0.25, 0.3) is 11.0 Å². The molecule has 0 bridgehead atoms. The van der Waals surface area contributed by atoms with Crippen LogP contribution in [-0.4, -0.2) is 39.3 Å². The zero-order valence-electron chi connectivity index (χ0n) is 14.9. The van der Waals surface area contributed by atoms with Crippen LogP contribution < -0.4 is 4.90 Å². The number of aryl methyl sites for hydroxylation is 1. The number of hydrogen-bond acceptors (Lipinski definition) is 5. The molecular formula is C21H22N4O. The van der Waals surface area contributed by atoms with Crippen LogP contribution in [0.4, 0.5) is 5.82 Å². The number of nitrogens with zero attached hydrogens (tertiary/aromatic N) is 4. The van der Waals surface area contributed by atoms with Gasteiger partial charge < -0.3 is 10.0 Å². The summed E-state index contributed by atoms with van der Waals surface area (Å²) in [6.45, 7) is 3.68. The van der Waals surface area contributed by atoms with Crippen LogP contribution >= 0.6 is 0 Å². The number of rotatable bonds is 1. The number of pyridine rings is 1. The van der Waals surface area contributed by atoms with Crippen molar-refractivity contribution in [1.29, 1.82) is 0 Å². The second kappa shape index (κ2) is 5.74. The predicted molar refractivity (Wildman–Crippen MR) is 101 cm³/mol. The minimum atomic E-state index is -0.285. The Hall–Kier alpha value is -2.53. The van der Waals surface area contributed by atoms with Crippen molar-refractivity contribution in [3.8, 4) is 0 Å². The largest absolute Gasteiger partial charge is 0.392 e. The summed E-state index contributed by atoms with van der Waals surface area (Å²) in [7, 11) is 0. The molecule has 0 radical (unpaired) electrons. The van der Waals surface area contributed by atoms with Crippen LogP contribution in [0.1, 0.15) is 29.8 Å². The van der Waals surface area contributed by atoms with Crippen LogP contribution in [0, 0.1) is 6.92 Å². The van der Waals surface area contributed by atoms with Crippen LogP contribution in [0.3, 0.4) is 0 Å². The molecule has 1 aromatic carbocycles. The number of piperidine rings is 1. The number of fused-ring (bicyclic) bond motifs is 3. The van der Waals surface area contributed by atoms with Gasteiger partial charge in [-0.15, -0.1) is 0 Å². The minimum Gasteiger partial charge on any atom is -0.392 e. The van der Waals surface area contributed by atoms with Gasteiger partial charge in [-0.3, -0.25) is 0 Å². The van der Waals surface area contributed by atoms with Crippen LogP contribution in [0.15, 0.2) is 42.6 Å². The van der Waals surface area contributed by atoms with Gasteiger partial charge in [-0.2, -0.15) is 0 Å². The Kier molecular flexibility index (Phi) is 3.47. The summed E-state index contributed by atoms with van der Waals surface area (Å²) in [5.74, 6) is 1.72. The van der Waals surface area contributed by atoms with Crippen LogP contribution in [0.5, 0.6) is 0 Å². The molecule has 5 nitrogen and oxygen atoms in total. The highest BCUT2D eigenvalue weighted by molar-refractivity contribution is 5.86. The molecule has 1 atom stereocenters. The van der Waals surface area contributed by atoms with E-state index < -0.39 is 0 Å². The Morgan fingerprint density at radius 1 is 1.08 bits per heavy atom. The van der Waals surface area contributed by atoms with E-state index in [1.54, 1.807) is 6.20 Å². The Bertz CT molecular complexity index is 979. The zero-order chi connectivity index (χ0) is 17.7. The Balaban J connectivity index is 1.49. The summed E-state index contributed by atoms with van der Waals surface area (Å²) < 4.78 is 0. The fourth-order valence-corrected chi connectivity index (χ4v) is 4.78. The molecule has 1 aliphatic heterocycles. The molecule has 1 N–H and O–H groups in total. The normalized spacial score (nSPS) is 21.3. The van der Waals surface area contributed by atoms with Gasteiger partial charge in [0, 0.05) is 24.7 Å². The van der Waals surface area contributed by atoms with Crippen molar-refractivity contribution < 1.29 is 5.11 Å². The monoisotopic (exact) mass is 346 g/mol. The van der Waals surface area contributed by atoms with Gasteiger partial charge in [-0.1, -0.05) is 24.3 Å². The molecule has 1 fully saturated rings. The molecule has 5 rings (SSSR count). The molecule has 1 aliphatic carbocycles. The molecule has 2 aliphatic rings. The van der Waals surface area contributed by atoms with E-state index in [4.69, 9.17) is 4.98 Å². The molecule has 2 aromatic heterocycles. The quantitative estimate of drug-likeness (QED) is 0.734. The fraction of sp³-hybridized carbons (Fsp3) is 0.381. The number of hydrogen-bond donors (Lipinski definition) is 1. The Morgan fingerprint density at radius 3 is 2.73 bits per heavy atom. The van der Waals surface area contributed by atoms with E-state index in [0.29, 0.717) is 0 Å². The highest BCUT2D eigenvalue weighted by Gasteiger charge is 2.47. The van der Waals surface area contributed by atoms with Crippen molar-refractivity contribution in [3.05, 3.63) is 59.5 Å². The molecular weight excluding hydrogens is 324 g/mol. The van der Waals surface area contributed by atoms with Crippen molar-refractivity contribution in [2.24, 2.45) is 0 Å². The molecule has 0 saturated carbocycles. The van der Waals surface area contributed by atoms with E-state index in [1.807, 2.05) is 19.1 Å². The number of aliphatic hydroxyl groups excluding tert-OH is 1. The number of benzene rings is 1. The molecule has 0 amide bonds. The van der Waals surface area contributed by atoms with Crippen molar-refractivity contribution in [2.75, 3.05) is 18.0 Å². The van der Waals surface area contributed by atoms with Gasteiger partial charge in [0.15, 0.2) is 5.65 Å². The molecule has 132 valence electrons. The smallest absolute Gasteiger partial charge is 0.164 e. The van der Waals surface area contributed by atoms with E-state index in [0.717, 1.165) is 55.0 Å². The molecule has 3 aromatic rings. The molecule has 5 heteroatoms. The first kappa shape index (κ1) is 15.7. The maximum Gasteiger partial charge on any atom is 0.164 e. The SMILES string of the molecule is Cc1nc(N2CCC3(CC2)c2ccccc2CC3O)c2cccnc2n1. The predicted octanol–water partition coefficient (Wildman–Crippen LogP) is 2.79. The van der Waals surface area contributed by atoms with E-state index >= 15 is 0 Å². The first-order valence-electron chi connectivity index (χ1n) is 9.28. The second-order valence-electron chi connectivity index (χ2n) is 7.49. The Morgan fingerprint density at radius 2 is 1.88 bits per heavy atom. The number of anilines is 1. The maximum atomic E-state index is 10.8. The van der Waals surface area contributed by atoms with Gasteiger partial charge in [0.05, 0.1) is 11.5 Å². The van der Waals surface area contributed by atoms with Gasteiger partial charge in [0.25, 0.3) is 0 Å². The number of aromatic nitrogens is 3. The third-order valence-electron chi connectivity index (χ3n) is 6.12. The molecule has 1 saturated heterocycles. The van der Waals surface area contributed by atoms with Crippen LogP contribution in [-0.2, 0) is 11.8 Å². The lowest BCUT2D eigenvalue weighted by atomic mass is 9.72. The lowest BCUT2D eigenvalue weighted by Gasteiger charge is -2.42. The summed E-state index contributed by atoms with van der Waals surface area (Å²) in [6.07, 6.45) is 4.14. The van der Waals surface area contributed by atoms with Gasteiger partial charge in [-0.25, -0.2) is 15.0 Å². The molecule has 26 heavy (non-hydrogen) atoms. The van der Waals surface area contributed by atoms with Gasteiger partial charge in [-0.05, 0) is 49.4 Å². The van der Waals surface area contributed by atoms with Gasteiger partial charge in [0.1, 0.15) is 11.6 Å². The lowest BCUT2D eigenvalue weighted by molar-refractivity contribution is 0.0780. The summed E-state index contributed by atoms with van der Waals surface area (Å²) in [5, 5.41) is 11.8. The van der Waals surface area contributed by atoms with Crippen molar-refractivity contribution in [2.45, 2.75) is 37.7 Å². The average molecular weight is 346 g/mol. The molecule has 1 unspecified atom stereocenters. The zero-order valence-corrected chi connectivity index (χ0v) is 14.9. The number of aliphatic hydroxyl groups is 1. The fourth-order valence-electron chi connectivity index (χ4n) is 4.78. The standard InChI is InChI=1S/C21H22N4O/c1-14-23-19-16(6-4-10-22-19)20(24-14)25-11-8-21(9-12-25)17-7-3-2-5-15(17)13-18(21)26/h2-7,10,18,26H,8-9,11-13H2,1H3. The molecule has 1 spiro atoms. The highest BCUT2D eigenvalue weighted by Crippen LogP contribution is 2.47. The van der Waals surface area contributed by atoms with Crippen LogP contribution in [0.2, 0.25) is 0 Å². The van der Waals surface area contributed by atoms with E-state index in [-0.39, 0.29) is 11.5 Å². The highest BCUT2D eigenvalue weighted by atomic mass is 16.3. The minimum absolute atomic E-state index is 0.108. The van der Waals surface area contributed by atoms with E-state index in [9.17, 15) is 5.11 Å². The van der Waals surface area contributed by atoms with E-state index in [2.05, 4.69) is 39.1 Å². The van der Waals surface area contributed by atoms with Gasteiger partial charge >= 0.3 is 0 Å². The van der Waals surface area contributed by atoms with Gasteiger partial charge in [0.2, 0.25) is 0 Å². The second-order valence-corrected chi connectivity index (χ2v) is 7.49. The maximum absolute atomic E-state index is 10.8. The van der Waals surface area contributed by atoms with Crippen molar-refractivity contribution in [3.63, 3.8) is 0 Å². The summed E-state index contributed by atoms with van der Waals surface area (Å²) >= 11 is 0. The third-order valence-corrected chi connectivity index (χ3v) is 6.12. The topological polar surface area (TPSA) is 62.1 Å². The first-order valence-corrected chi connectivity index (χ1v) is 9.28. The van der Waals surface area contributed by atoms with E-state index in [1.165, 1.54) is 11.1 Å². The third kappa shape index (κ3) is 2.23. The average Bonchev–Trinajstić information content (AvgIpc) is 2.93. The molecule has 3 heterocycles. The Labute approximate surface area is 152 Å².